The second kappa shape index (κ2) is 7.80. The SMILES string of the molecule is N#Cc1cc(C(F)(F)F)ccc1N1CCC(C(=O)Nc2ccccc2O)CC1. The summed E-state index contributed by atoms with van der Waals surface area (Å²) in [5.74, 6) is -0.512. The highest BCUT2D eigenvalue weighted by Gasteiger charge is 2.32. The molecule has 0 aromatic heterocycles. The normalized spacial score (nSPS) is 15.1. The molecule has 1 heterocycles. The maximum absolute atomic E-state index is 12.8. The zero-order chi connectivity index (χ0) is 20.3. The first-order chi connectivity index (χ1) is 13.3. The van der Waals surface area contributed by atoms with E-state index >= 15 is 0 Å². The summed E-state index contributed by atoms with van der Waals surface area (Å²) in [6.45, 7) is 0.887. The number of amides is 1. The van der Waals surface area contributed by atoms with Crippen LogP contribution in [0.5, 0.6) is 5.75 Å². The lowest BCUT2D eigenvalue weighted by atomic mass is 9.94. The first kappa shape index (κ1) is 19.5. The Morgan fingerprint density at radius 1 is 1.18 bits per heavy atom. The van der Waals surface area contributed by atoms with Crippen molar-refractivity contribution in [1.82, 2.24) is 0 Å². The minimum atomic E-state index is -4.50. The van der Waals surface area contributed by atoms with Crippen molar-refractivity contribution in [3.8, 4) is 11.8 Å². The molecule has 1 fully saturated rings. The Balaban J connectivity index is 1.66. The summed E-state index contributed by atoms with van der Waals surface area (Å²) in [6, 6.07) is 11.4. The predicted molar refractivity (Wildman–Crippen MR) is 97.8 cm³/mol. The molecule has 1 aliphatic rings. The van der Waals surface area contributed by atoms with Crippen LogP contribution in [0.3, 0.4) is 0 Å². The largest absolute Gasteiger partial charge is 0.506 e. The van der Waals surface area contributed by atoms with E-state index in [1.54, 1.807) is 18.2 Å². The number of carbonyl (C=O) groups is 1. The Bertz CT molecular complexity index is 914. The van der Waals surface area contributed by atoms with E-state index in [9.17, 15) is 28.3 Å². The number of carbonyl (C=O) groups excluding carboxylic acids is 1. The summed E-state index contributed by atoms with van der Waals surface area (Å²) in [5, 5.41) is 21.7. The second-order valence-electron chi connectivity index (χ2n) is 6.61. The van der Waals surface area contributed by atoms with E-state index in [4.69, 9.17) is 0 Å². The average Bonchev–Trinajstić information content (AvgIpc) is 2.68. The minimum absolute atomic E-state index is 0.0169. The van der Waals surface area contributed by atoms with Gasteiger partial charge in [0.1, 0.15) is 11.8 Å². The number of aromatic hydroxyl groups is 1. The van der Waals surface area contributed by atoms with Crippen LogP contribution in [0.2, 0.25) is 0 Å². The maximum atomic E-state index is 12.8. The molecule has 1 aliphatic heterocycles. The Kier molecular flexibility index (Phi) is 5.45. The molecular weight excluding hydrogens is 371 g/mol. The van der Waals surface area contributed by atoms with Crippen molar-refractivity contribution in [2.75, 3.05) is 23.3 Å². The third-order valence-electron chi connectivity index (χ3n) is 4.81. The van der Waals surface area contributed by atoms with Crippen LogP contribution in [0.15, 0.2) is 42.5 Å². The first-order valence-corrected chi connectivity index (χ1v) is 8.74. The highest BCUT2D eigenvalue weighted by atomic mass is 19.4. The summed E-state index contributed by atoms with van der Waals surface area (Å²) >= 11 is 0. The van der Waals surface area contributed by atoms with Crippen molar-refractivity contribution in [3.05, 3.63) is 53.6 Å². The van der Waals surface area contributed by atoms with Crippen LogP contribution in [0.1, 0.15) is 24.0 Å². The van der Waals surface area contributed by atoms with Gasteiger partial charge in [-0.05, 0) is 43.2 Å². The highest BCUT2D eigenvalue weighted by molar-refractivity contribution is 5.94. The number of halogens is 3. The van der Waals surface area contributed by atoms with E-state index in [0.717, 1.165) is 12.1 Å². The fourth-order valence-corrected chi connectivity index (χ4v) is 3.27. The number of rotatable bonds is 3. The number of hydrogen-bond donors (Lipinski definition) is 2. The van der Waals surface area contributed by atoms with Crippen molar-refractivity contribution in [1.29, 1.82) is 5.26 Å². The molecule has 2 aromatic carbocycles. The lowest BCUT2D eigenvalue weighted by molar-refractivity contribution is -0.137. The molecule has 8 heteroatoms. The lowest BCUT2D eigenvalue weighted by Crippen LogP contribution is -2.38. The number of hydrogen-bond acceptors (Lipinski definition) is 4. The highest BCUT2D eigenvalue weighted by Crippen LogP contribution is 2.34. The van der Waals surface area contributed by atoms with Gasteiger partial charge in [0.15, 0.2) is 0 Å². The lowest BCUT2D eigenvalue weighted by Gasteiger charge is -2.33. The average molecular weight is 389 g/mol. The van der Waals surface area contributed by atoms with Gasteiger partial charge < -0.3 is 15.3 Å². The Labute approximate surface area is 160 Å². The van der Waals surface area contributed by atoms with Gasteiger partial charge in [-0.15, -0.1) is 0 Å². The standard InChI is InChI=1S/C20H18F3N3O2/c21-20(22,23)15-5-6-17(14(11-15)12-24)26-9-7-13(8-10-26)19(28)25-16-3-1-2-4-18(16)27/h1-6,11,13,27H,7-10H2,(H,25,28). The molecule has 28 heavy (non-hydrogen) atoms. The van der Waals surface area contributed by atoms with Gasteiger partial charge in [-0.1, -0.05) is 12.1 Å². The zero-order valence-corrected chi connectivity index (χ0v) is 14.8. The predicted octanol–water partition coefficient (Wildman–Crippen LogP) is 4.14. The molecular formula is C20H18F3N3O2. The van der Waals surface area contributed by atoms with Gasteiger partial charge in [0.25, 0.3) is 0 Å². The third kappa shape index (κ3) is 4.19. The molecule has 2 N–H and O–H groups in total. The zero-order valence-electron chi connectivity index (χ0n) is 14.8. The molecule has 0 unspecified atom stereocenters. The number of phenolic OH excluding ortho intramolecular Hbond substituents is 1. The van der Waals surface area contributed by atoms with Gasteiger partial charge >= 0.3 is 6.18 Å². The molecule has 0 aliphatic carbocycles. The van der Waals surface area contributed by atoms with Crippen LogP contribution in [0, 0.1) is 17.2 Å². The van der Waals surface area contributed by atoms with Crippen LogP contribution in [0.25, 0.3) is 0 Å². The number of para-hydroxylation sites is 2. The number of alkyl halides is 3. The molecule has 2 aromatic rings. The molecule has 1 amide bonds. The van der Waals surface area contributed by atoms with Crippen molar-refractivity contribution in [3.63, 3.8) is 0 Å². The Morgan fingerprint density at radius 3 is 2.46 bits per heavy atom. The number of nitrogens with zero attached hydrogens (tertiary/aromatic N) is 2. The van der Waals surface area contributed by atoms with E-state index in [2.05, 4.69) is 5.32 Å². The number of benzene rings is 2. The first-order valence-electron chi connectivity index (χ1n) is 8.74. The Morgan fingerprint density at radius 2 is 1.86 bits per heavy atom. The summed E-state index contributed by atoms with van der Waals surface area (Å²) in [6.07, 6.45) is -3.52. The number of anilines is 2. The minimum Gasteiger partial charge on any atom is -0.506 e. The second-order valence-corrected chi connectivity index (χ2v) is 6.61. The molecule has 5 nitrogen and oxygen atoms in total. The van der Waals surface area contributed by atoms with Crippen molar-refractivity contribution >= 4 is 17.3 Å². The van der Waals surface area contributed by atoms with Gasteiger partial charge in [-0.3, -0.25) is 4.79 Å². The smallest absolute Gasteiger partial charge is 0.416 e. The number of nitriles is 1. The number of phenols is 1. The number of nitrogens with one attached hydrogen (secondary N) is 1. The summed E-state index contributed by atoms with van der Waals surface area (Å²) in [5.41, 5.74) is -0.115. The summed E-state index contributed by atoms with van der Waals surface area (Å²) in [4.78, 5) is 14.2. The quantitative estimate of drug-likeness (QED) is 0.774. The third-order valence-corrected chi connectivity index (χ3v) is 4.81. The fraction of sp³-hybridized carbons (Fsp3) is 0.300. The monoisotopic (exact) mass is 389 g/mol. The van der Waals surface area contributed by atoms with Crippen LogP contribution >= 0.6 is 0 Å². The maximum Gasteiger partial charge on any atom is 0.416 e. The Hall–Kier alpha value is -3.21. The molecule has 0 saturated carbocycles. The van der Waals surface area contributed by atoms with E-state index in [0.29, 0.717) is 37.3 Å². The fourth-order valence-electron chi connectivity index (χ4n) is 3.27. The molecule has 146 valence electrons. The number of piperidine rings is 1. The van der Waals surface area contributed by atoms with Crippen LogP contribution in [0.4, 0.5) is 24.5 Å². The molecule has 0 bridgehead atoms. The van der Waals surface area contributed by atoms with Crippen LogP contribution in [-0.2, 0) is 11.0 Å². The van der Waals surface area contributed by atoms with Gasteiger partial charge in [0.2, 0.25) is 5.91 Å². The van der Waals surface area contributed by atoms with E-state index in [-0.39, 0.29) is 23.1 Å². The summed E-state index contributed by atoms with van der Waals surface area (Å²) < 4.78 is 38.5. The van der Waals surface area contributed by atoms with Crippen LogP contribution < -0.4 is 10.2 Å². The van der Waals surface area contributed by atoms with Gasteiger partial charge in [-0.25, -0.2) is 0 Å². The van der Waals surface area contributed by atoms with Crippen molar-refractivity contribution in [2.24, 2.45) is 5.92 Å². The summed E-state index contributed by atoms with van der Waals surface area (Å²) in [7, 11) is 0. The van der Waals surface area contributed by atoms with Gasteiger partial charge in [0, 0.05) is 19.0 Å². The topological polar surface area (TPSA) is 76.4 Å². The van der Waals surface area contributed by atoms with Crippen molar-refractivity contribution < 1.29 is 23.1 Å². The van der Waals surface area contributed by atoms with E-state index < -0.39 is 11.7 Å². The van der Waals surface area contributed by atoms with Crippen molar-refractivity contribution in [2.45, 2.75) is 19.0 Å². The molecule has 1 saturated heterocycles. The van der Waals surface area contributed by atoms with Gasteiger partial charge in [-0.2, -0.15) is 18.4 Å². The van der Waals surface area contributed by atoms with E-state index in [1.165, 1.54) is 12.1 Å². The molecule has 0 spiro atoms. The van der Waals surface area contributed by atoms with E-state index in [1.807, 2.05) is 11.0 Å². The van der Waals surface area contributed by atoms with Crippen LogP contribution in [-0.4, -0.2) is 24.1 Å². The molecule has 0 atom stereocenters. The molecule has 3 rings (SSSR count). The molecule has 0 radical (unpaired) electrons. The van der Waals surface area contributed by atoms with Gasteiger partial charge in [0.05, 0.1) is 22.5 Å².